The number of H-pyrrole nitrogens is 1. The zero-order valence-corrected chi connectivity index (χ0v) is 28.0. The van der Waals surface area contributed by atoms with Gasteiger partial charge in [-0.15, -0.1) is 0 Å². The lowest BCUT2D eigenvalue weighted by Crippen LogP contribution is -2.46. The molecule has 3 N–H and O–H groups in total. The number of halogens is 4. The van der Waals surface area contributed by atoms with E-state index in [-0.39, 0.29) is 75.1 Å². The summed E-state index contributed by atoms with van der Waals surface area (Å²) in [6.07, 6.45) is -1.68. The average molecular weight is 705 g/mol. The van der Waals surface area contributed by atoms with E-state index in [9.17, 15) is 32.3 Å². The van der Waals surface area contributed by atoms with E-state index in [0.717, 1.165) is 12.4 Å². The number of aromatic amines is 1. The molecule has 2 aromatic heterocycles. The molecular weight excluding hydrogens is 669 g/mol. The molecule has 0 bridgehead atoms. The molecule has 4 amide bonds. The first-order chi connectivity index (χ1) is 23.0. The van der Waals surface area contributed by atoms with Gasteiger partial charge in [0.2, 0.25) is 5.91 Å². The van der Waals surface area contributed by atoms with Crippen molar-refractivity contribution < 1.29 is 37.1 Å². The summed E-state index contributed by atoms with van der Waals surface area (Å²) in [7, 11) is 1.41. The maximum absolute atomic E-state index is 13.3. The van der Waals surface area contributed by atoms with Gasteiger partial charge < -0.3 is 29.7 Å². The number of likely N-dealkylation sites (tertiary alicyclic amines) is 2. The fourth-order valence-electron chi connectivity index (χ4n) is 6.58. The third-order valence-electron chi connectivity index (χ3n) is 9.15. The van der Waals surface area contributed by atoms with Crippen molar-refractivity contribution in [1.82, 2.24) is 34.9 Å². The Balaban J connectivity index is 0.989. The number of benzene rings is 1. The van der Waals surface area contributed by atoms with Crippen LogP contribution in [0, 0.1) is 17.8 Å². The molecule has 3 fully saturated rings. The number of alkyl halides is 3. The van der Waals surface area contributed by atoms with Crippen LogP contribution in [0.3, 0.4) is 0 Å². The summed E-state index contributed by atoms with van der Waals surface area (Å²) in [6.45, 7) is 7.49. The number of carbonyl (C=O) groups is 4. The van der Waals surface area contributed by atoms with Gasteiger partial charge in [0.1, 0.15) is 5.60 Å². The minimum absolute atomic E-state index is 0.0363. The van der Waals surface area contributed by atoms with Crippen LogP contribution < -0.4 is 10.6 Å². The van der Waals surface area contributed by atoms with Crippen molar-refractivity contribution in [3.63, 3.8) is 0 Å². The summed E-state index contributed by atoms with van der Waals surface area (Å²) in [5, 5.41) is 11.2. The smallest absolute Gasteiger partial charge is 0.435 e. The van der Waals surface area contributed by atoms with Crippen LogP contribution in [0.4, 0.5) is 23.7 Å². The number of ether oxygens (including phenoxy) is 1. The van der Waals surface area contributed by atoms with E-state index in [1.165, 1.54) is 29.8 Å². The second kappa shape index (κ2) is 12.7. The monoisotopic (exact) mass is 704 g/mol. The van der Waals surface area contributed by atoms with Crippen LogP contribution in [0.5, 0.6) is 0 Å². The van der Waals surface area contributed by atoms with Gasteiger partial charge in [0.25, 0.3) is 11.8 Å². The molecule has 3 aliphatic rings. The molecule has 0 radical (unpaired) electrons. The maximum Gasteiger partial charge on any atom is 0.435 e. The molecule has 2 saturated heterocycles. The normalized spacial score (nSPS) is 20.9. The Morgan fingerprint density at radius 2 is 1.69 bits per heavy atom. The molecule has 1 aromatic carbocycles. The Labute approximate surface area is 284 Å². The zero-order valence-electron chi connectivity index (χ0n) is 27.2. The highest BCUT2D eigenvalue weighted by molar-refractivity contribution is 6.34. The van der Waals surface area contributed by atoms with E-state index in [0.29, 0.717) is 39.0 Å². The van der Waals surface area contributed by atoms with E-state index in [4.69, 9.17) is 16.3 Å². The van der Waals surface area contributed by atoms with Crippen molar-refractivity contribution in [2.45, 2.75) is 51.4 Å². The fourth-order valence-corrected chi connectivity index (χ4v) is 6.85. The van der Waals surface area contributed by atoms with Crippen molar-refractivity contribution >= 4 is 41.1 Å². The minimum atomic E-state index is -4.70. The van der Waals surface area contributed by atoms with Crippen molar-refractivity contribution in [1.29, 1.82) is 0 Å². The summed E-state index contributed by atoms with van der Waals surface area (Å²) in [4.78, 5) is 59.1. The third kappa shape index (κ3) is 7.09. The summed E-state index contributed by atoms with van der Waals surface area (Å²) in [5.74, 6) is -1.02. The van der Waals surface area contributed by atoms with E-state index in [2.05, 4.69) is 25.8 Å². The number of aromatic nitrogens is 4. The molecule has 4 heterocycles. The van der Waals surface area contributed by atoms with Gasteiger partial charge in [0.05, 0.1) is 28.0 Å². The highest BCUT2D eigenvalue weighted by Gasteiger charge is 2.58. The molecule has 3 atom stereocenters. The standard InChI is InChI=1S/C32H36ClF3N8O5/c1-31(2,3)49-30(48)43-9-7-16(8-10-43)29(47)44-14-20-21(15-44)24(20)40-27(45)18-6-5-17(11-22(18)33)39-28(46)26-37-13-23(42(26)4)19-12-38-41-25(19)32(34,35)36/h5-6,11-13,16,20-21,24H,7-10,14-15H2,1-4H3,(H,38,41)(H,39,46)(H,40,45)/t20-,21+,24-. The lowest BCUT2D eigenvalue weighted by Gasteiger charge is -2.34. The van der Waals surface area contributed by atoms with Crippen LogP contribution in [0.2, 0.25) is 5.02 Å². The molecule has 262 valence electrons. The highest BCUT2D eigenvalue weighted by Crippen LogP contribution is 2.46. The van der Waals surface area contributed by atoms with E-state index >= 15 is 0 Å². The summed E-state index contributed by atoms with van der Waals surface area (Å²) in [6, 6.07) is 4.27. The number of nitrogens with one attached hydrogen (secondary N) is 3. The largest absolute Gasteiger partial charge is 0.444 e. The Hall–Kier alpha value is -4.60. The minimum Gasteiger partial charge on any atom is -0.444 e. The first-order valence-corrected chi connectivity index (χ1v) is 16.2. The van der Waals surface area contributed by atoms with Gasteiger partial charge in [-0.3, -0.25) is 19.5 Å². The lowest BCUT2D eigenvalue weighted by atomic mass is 9.95. The number of imidazole rings is 1. The molecule has 3 aromatic rings. The number of piperidine rings is 2. The van der Waals surface area contributed by atoms with Crippen LogP contribution in [-0.2, 0) is 22.8 Å². The second-order valence-electron chi connectivity index (χ2n) is 13.6. The number of amides is 4. The number of hydrogen-bond acceptors (Lipinski definition) is 7. The van der Waals surface area contributed by atoms with Gasteiger partial charge in [0.15, 0.2) is 11.5 Å². The molecule has 1 aliphatic carbocycles. The predicted molar refractivity (Wildman–Crippen MR) is 171 cm³/mol. The van der Waals surface area contributed by atoms with Gasteiger partial charge in [-0.05, 0) is 51.8 Å². The molecule has 6 rings (SSSR count). The molecule has 1 saturated carbocycles. The van der Waals surface area contributed by atoms with Crippen molar-refractivity contribution in [3.05, 3.63) is 52.7 Å². The zero-order chi connectivity index (χ0) is 35.4. The number of nitrogens with zero attached hydrogens (tertiary/aromatic N) is 5. The Morgan fingerprint density at radius 1 is 1.02 bits per heavy atom. The van der Waals surface area contributed by atoms with Crippen molar-refractivity contribution in [2.75, 3.05) is 31.5 Å². The van der Waals surface area contributed by atoms with Gasteiger partial charge in [-0.2, -0.15) is 18.3 Å². The lowest BCUT2D eigenvalue weighted by molar-refractivity contribution is -0.140. The molecule has 13 nitrogen and oxygen atoms in total. The van der Waals surface area contributed by atoms with Crippen LogP contribution in [-0.4, -0.2) is 91.2 Å². The molecule has 0 spiro atoms. The number of hydrogen-bond donors (Lipinski definition) is 3. The summed E-state index contributed by atoms with van der Waals surface area (Å²) >= 11 is 6.42. The third-order valence-corrected chi connectivity index (χ3v) is 9.46. The van der Waals surface area contributed by atoms with Gasteiger partial charge in [-0.25, -0.2) is 9.78 Å². The average Bonchev–Trinajstić information content (AvgIpc) is 3.49. The van der Waals surface area contributed by atoms with Crippen LogP contribution >= 0.6 is 11.6 Å². The molecule has 0 unspecified atom stereocenters. The Bertz CT molecular complexity index is 1780. The van der Waals surface area contributed by atoms with Gasteiger partial charge in [-0.1, -0.05) is 11.6 Å². The van der Waals surface area contributed by atoms with Crippen LogP contribution in [0.25, 0.3) is 11.3 Å². The first kappa shape index (κ1) is 34.3. The van der Waals surface area contributed by atoms with E-state index in [1.54, 1.807) is 4.90 Å². The number of fused-ring (bicyclic) bond motifs is 1. The highest BCUT2D eigenvalue weighted by atomic mass is 35.5. The molecule has 17 heteroatoms. The summed E-state index contributed by atoms with van der Waals surface area (Å²) in [5.41, 5.74) is -1.46. The quantitative estimate of drug-likeness (QED) is 0.340. The molecule has 49 heavy (non-hydrogen) atoms. The number of carbonyl (C=O) groups excluding carboxylic acids is 4. The van der Waals surface area contributed by atoms with E-state index < -0.39 is 23.4 Å². The van der Waals surface area contributed by atoms with Crippen molar-refractivity contribution in [2.24, 2.45) is 24.8 Å². The van der Waals surface area contributed by atoms with Gasteiger partial charge >= 0.3 is 12.3 Å². The summed E-state index contributed by atoms with van der Waals surface area (Å²) < 4.78 is 46.6. The number of anilines is 1. The van der Waals surface area contributed by atoms with Gasteiger partial charge in [0, 0.05) is 68.9 Å². The Kier molecular flexibility index (Phi) is 8.88. The number of rotatable bonds is 6. The van der Waals surface area contributed by atoms with Crippen LogP contribution in [0.15, 0.2) is 30.6 Å². The molecular formula is C32H36ClF3N8O5. The molecule has 2 aliphatic heterocycles. The van der Waals surface area contributed by atoms with E-state index in [1.807, 2.05) is 25.7 Å². The second-order valence-corrected chi connectivity index (χ2v) is 14.0. The van der Waals surface area contributed by atoms with Crippen LogP contribution in [0.1, 0.15) is 60.3 Å². The Morgan fingerprint density at radius 3 is 2.31 bits per heavy atom. The SMILES string of the molecule is Cn1c(-c2c[nH]nc2C(F)(F)F)cnc1C(=O)Nc1ccc(C(=O)N[C@@H]2[C@@H]3CN(C(=O)C4CCN(C(=O)OC(C)(C)C)CC4)C[C@@H]32)c(Cl)c1. The maximum atomic E-state index is 13.3. The topological polar surface area (TPSA) is 155 Å². The fraction of sp³-hybridized carbons (Fsp3) is 0.500. The first-order valence-electron chi connectivity index (χ1n) is 15.8. The predicted octanol–water partition coefficient (Wildman–Crippen LogP) is 4.57. The van der Waals surface area contributed by atoms with Crippen molar-refractivity contribution in [3.8, 4) is 11.3 Å².